The molecule has 4 fully saturated rings. The molecular formula is C38H46F9NO5S. The Hall–Kier alpha value is -2.85. The van der Waals surface area contributed by atoms with Crippen LogP contribution in [0.4, 0.5) is 45.2 Å². The smallest absolute Gasteiger partial charge is 0.393 e. The summed E-state index contributed by atoms with van der Waals surface area (Å²) >= 11 is 0. The van der Waals surface area contributed by atoms with Gasteiger partial charge in [0.05, 0.1) is 16.7 Å². The molecule has 4 aliphatic carbocycles. The fourth-order valence-electron chi connectivity index (χ4n) is 10.5. The molecule has 4 aliphatic rings. The molecule has 4 saturated carbocycles. The van der Waals surface area contributed by atoms with Crippen molar-refractivity contribution >= 4 is 21.5 Å². The molecule has 0 amide bonds. The van der Waals surface area contributed by atoms with E-state index in [1.807, 2.05) is 6.92 Å². The maximum absolute atomic E-state index is 13.0. The van der Waals surface area contributed by atoms with E-state index in [0.29, 0.717) is 29.2 Å². The summed E-state index contributed by atoms with van der Waals surface area (Å²) in [7, 11) is -4.89. The van der Waals surface area contributed by atoms with Crippen LogP contribution >= 0.6 is 0 Å². The maximum atomic E-state index is 13.0. The van der Waals surface area contributed by atoms with Gasteiger partial charge in [-0.1, -0.05) is 44.2 Å². The van der Waals surface area contributed by atoms with Gasteiger partial charge in [0, 0.05) is 11.5 Å². The average Bonchev–Trinajstić information content (AvgIpc) is 3.44. The van der Waals surface area contributed by atoms with Crippen LogP contribution in [0.5, 0.6) is 0 Å². The second-order valence-corrected chi connectivity index (χ2v) is 17.9. The number of ketones is 1. The van der Waals surface area contributed by atoms with Gasteiger partial charge in [-0.15, -0.1) is 0 Å². The lowest BCUT2D eigenvalue weighted by molar-refractivity contribution is -0.376. The number of sulfonamides is 1. The fraction of sp³-hybridized carbons (Fsp3) is 0.658. The zero-order valence-corrected chi connectivity index (χ0v) is 30.9. The quantitative estimate of drug-likeness (QED) is 0.284. The molecule has 0 radical (unpaired) electrons. The first-order chi connectivity index (χ1) is 24.8. The number of fused-ring (bicyclic) bond motifs is 5. The SMILES string of the molecule is CC(=O)[C@H]1CC[C@H]2[C@@H]3CC[C@H]4CC(O)CC[C@]4(C)[C@H]3CC[C@]12C.O=S(=O)(c1ccccc1)N(CC(F)(F)F)c1ccc(C(O)(C(F)(F)F)C(F)(F)F)cc1. The van der Waals surface area contributed by atoms with E-state index >= 15 is 0 Å². The van der Waals surface area contributed by atoms with Crippen molar-refractivity contribution in [3.8, 4) is 0 Å². The first kappa shape index (κ1) is 42.3. The van der Waals surface area contributed by atoms with Gasteiger partial charge in [-0.05, 0) is 123 Å². The first-order valence-electron chi connectivity index (χ1n) is 18.1. The Balaban J connectivity index is 0.000000216. The largest absolute Gasteiger partial charge is 0.430 e. The number of carbonyl (C=O) groups excluding carboxylic acids is 1. The third-order valence-corrected chi connectivity index (χ3v) is 15.0. The number of Topliss-reactive ketones (excluding diaryl/α,β-unsaturated/α-hetero) is 1. The fourth-order valence-corrected chi connectivity index (χ4v) is 11.9. The molecule has 54 heavy (non-hydrogen) atoms. The van der Waals surface area contributed by atoms with E-state index in [2.05, 4.69) is 13.8 Å². The Morgan fingerprint density at radius 1 is 0.778 bits per heavy atom. The van der Waals surface area contributed by atoms with Crippen molar-refractivity contribution in [1.82, 2.24) is 0 Å². The molecule has 6 nitrogen and oxygen atoms in total. The van der Waals surface area contributed by atoms with E-state index in [-0.39, 0.29) is 28.0 Å². The van der Waals surface area contributed by atoms with Crippen LogP contribution in [0.3, 0.4) is 0 Å². The highest BCUT2D eigenvalue weighted by molar-refractivity contribution is 7.92. The Morgan fingerprint density at radius 3 is 1.87 bits per heavy atom. The van der Waals surface area contributed by atoms with E-state index in [4.69, 9.17) is 0 Å². The Labute approximate surface area is 309 Å². The number of rotatable bonds is 6. The van der Waals surface area contributed by atoms with Crippen molar-refractivity contribution in [2.24, 2.45) is 40.4 Å². The summed E-state index contributed by atoms with van der Waals surface area (Å²) in [5, 5.41) is 19.5. The number of carbonyl (C=O) groups is 1. The Morgan fingerprint density at radius 2 is 1.33 bits per heavy atom. The number of nitrogens with zero attached hydrogens (tertiary/aromatic N) is 1. The van der Waals surface area contributed by atoms with Crippen molar-refractivity contribution in [2.45, 2.75) is 114 Å². The monoisotopic (exact) mass is 799 g/mol. The van der Waals surface area contributed by atoms with Gasteiger partial charge >= 0.3 is 18.5 Å². The summed E-state index contributed by atoms with van der Waals surface area (Å²) in [5.74, 6) is 3.97. The molecule has 302 valence electrons. The maximum Gasteiger partial charge on any atom is 0.430 e. The van der Waals surface area contributed by atoms with Gasteiger partial charge < -0.3 is 10.2 Å². The highest BCUT2D eigenvalue weighted by Crippen LogP contribution is 2.67. The minimum absolute atomic E-state index is 0.0490. The van der Waals surface area contributed by atoms with Crippen LogP contribution in [-0.4, -0.2) is 55.6 Å². The van der Waals surface area contributed by atoms with Crippen LogP contribution in [0.15, 0.2) is 59.5 Å². The number of benzene rings is 2. The lowest BCUT2D eigenvalue weighted by Crippen LogP contribution is -2.54. The molecule has 0 heterocycles. The zero-order chi connectivity index (χ0) is 40.3. The topological polar surface area (TPSA) is 94.9 Å². The second-order valence-electron chi connectivity index (χ2n) is 16.1. The normalized spacial score (nSPS) is 31.7. The lowest BCUT2D eigenvalue weighted by Gasteiger charge is -2.60. The van der Waals surface area contributed by atoms with E-state index in [1.54, 1.807) is 0 Å². The number of anilines is 1. The Bertz CT molecular complexity index is 1740. The standard InChI is InChI=1S/C21H34O2.C17H12F9NO3S/c1-13(22)17-6-7-18-16-5-4-14-12-15(23)8-10-20(14,2)19(16)9-11-21(17,18)3;18-14(19,20)10-27(31(29,30)13-4-2-1-3-5-13)12-8-6-11(7-9-12)15(28,16(21,22)23)17(24,25)26/h14-19,23H,4-12H2,1-3H3;1-9,28H,10H2/t14-,15?,16-,17+,18-,19-,20-,21+;/m0./s1. The molecule has 0 spiro atoms. The number of halogens is 9. The van der Waals surface area contributed by atoms with Crippen LogP contribution in [0.25, 0.3) is 0 Å². The number of alkyl halides is 9. The summed E-state index contributed by atoms with van der Waals surface area (Å²) in [6, 6.07) is 6.42. The predicted molar refractivity (Wildman–Crippen MR) is 181 cm³/mol. The van der Waals surface area contributed by atoms with Gasteiger partial charge in [0.1, 0.15) is 12.3 Å². The van der Waals surface area contributed by atoms with Crippen molar-refractivity contribution in [3.05, 3.63) is 60.2 Å². The molecule has 16 heteroatoms. The summed E-state index contributed by atoms with van der Waals surface area (Å²) in [6.45, 7) is 4.70. The van der Waals surface area contributed by atoms with E-state index in [0.717, 1.165) is 55.1 Å². The average molecular weight is 800 g/mol. The van der Waals surface area contributed by atoms with Gasteiger partial charge in [-0.3, -0.25) is 9.10 Å². The van der Waals surface area contributed by atoms with Gasteiger partial charge in [0.2, 0.25) is 0 Å². The second kappa shape index (κ2) is 14.6. The van der Waals surface area contributed by atoms with Crippen LogP contribution in [0.1, 0.15) is 84.1 Å². The number of aliphatic hydroxyl groups excluding tert-OH is 1. The molecule has 8 atom stereocenters. The van der Waals surface area contributed by atoms with E-state index < -0.39 is 56.8 Å². The molecule has 1 unspecified atom stereocenters. The predicted octanol–water partition coefficient (Wildman–Crippen LogP) is 9.35. The van der Waals surface area contributed by atoms with Crippen molar-refractivity contribution < 1.29 is 62.9 Å². The Kier molecular flexibility index (Phi) is 11.4. The number of hydrogen-bond donors (Lipinski definition) is 2. The molecule has 2 aromatic carbocycles. The first-order valence-corrected chi connectivity index (χ1v) is 19.5. The summed E-state index contributed by atoms with van der Waals surface area (Å²) in [5.41, 5.74) is -7.19. The van der Waals surface area contributed by atoms with Crippen molar-refractivity contribution in [2.75, 3.05) is 10.8 Å². The molecule has 6 rings (SSSR count). The minimum atomic E-state index is -6.21. The molecule has 2 aromatic rings. The van der Waals surface area contributed by atoms with Crippen LogP contribution in [0.2, 0.25) is 0 Å². The molecule has 0 bridgehead atoms. The highest BCUT2D eigenvalue weighted by Gasteiger charge is 2.71. The molecule has 0 aromatic heterocycles. The lowest BCUT2D eigenvalue weighted by atomic mass is 9.44. The molecular weight excluding hydrogens is 753 g/mol. The van der Waals surface area contributed by atoms with Crippen molar-refractivity contribution in [3.63, 3.8) is 0 Å². The number of hydrogen-bond acceptors (Lipinski definition) is 5. The van der Waals surface area contributed by atoms with E-state index in [9.17, 15) is 62.9 Å². The highest BCUT2D eigenvalue weighted by atomic mass is 32.2. The van der Waals surface area contributed by atoms with Gasteiger partial charge in [-0.2, -0.15) is 39.5 Å². The molecule has 2 N–H and O–H groups in total. The summed E-state index contributed by atoms with van der Waals surface area (Å²) in [4.78, 5) is 11.6. The van der Waals surface area contributed by atoms with Crippen LogP contribution in [-0.2, 0) is 20.4 Å². The number of aliphatic hydroxyl groups is 2. The third kappa shape index (κ3) is 7.64. The summed E-state index contributed by atoms with van der Waals surface area (Å²) in [6.07, 6.45) is -6.64. The van der Waals surface area contributed by atoms with Crippen molar-refractivity contribution in [1.29, 1.82) is 0 Å². The van der Waals surface area contributed by atoms with Gasteiger partial charge in [0.15, 0.2) is 0 Å². The van der Waals surface area contributed by atoms with Crippen LogP contribution in [0, 0.1) is 40.4 Å². The third-order valence-electron chi connectivity index (χ3n) is 13.2. The minimum Gasteiger partial charge on any atom is -0.393 e. The molecule has 0 aliphatic heterocycles. The zero-order valence-electron chi connectivity index (χ0n) is 30.1. The molecule has 0 saturated heterocycles. The van der Waals surface area contributed by atoms with Gasteiger partial charge in [-0.25, -0.2) is 8.42 Å². The van der Waals surface area contributed by atoms with E-state index in [1.165, 1.54) is 56.7 Å². The summed E-state index contributed by atoms with van der Waals surface area (Å²) < 4.78 is 142. The van der Waals surface area contributed by atoms with Crippen LogP contribution < -0.4 is 4.31 Å². The van der Waals surface area contributed by atoms with Gasteiger partial charge in [0.25, 0.3) is 15.6 Å².